The largest absolute Gasteiger partial charge is 0.409 e. The van der Waals surface area contributed by atoms with Crippen molar-refractivity contribution < 1.29 is 19.1 Å². The standard InChI is InChI=1S/C10H19F2N3O2/c11-8(12)6-15(3-4-16)7-10(1-2-10)5-9(13)14-17/h8,16-17H,1-7H2,(H2,13,14). The van der Waals surface area contributed by atoms with E-state index in [0.29, 0.717) is 13.0 Å². The van der Waals surface area contributed by atoms with Gasteiger partial charge in [0.25, 0.3) is 6.43 Å². The monoisotopic (exact) mass is 251 g/mol. The molecule has 0 amide bonds. The van der Waals surface area contributed by atoms with Gasteiger partial charge in [-0.25, -0.2) is 8.78 Å². The summed E-state index contributed by atoms with van der Waals surface area (Å²) in [4.78, 5) is 1.53. The second kappa shape index (κ2) is 6.11. The number of nitrogens with two attached hydrogens (primary N) is 1. The number of hydrogen-bond donors (Lipinski definition) is 3. The van der Waals surface area contributed by atoms with Gasteiger partial charge in [0.05, 0.1) is 13.2 Å². The van der Waals surface area contributed by atoms with E-state index in [9.17, 15) is 8.78 Å². The number of oxime groups is 1. The van der Waals surface area contributed by atoms with E-state index in [4.69, 9.17) is 16.0 Å². The zero-order valence-electron chi connectivity index (χ0n) is 9.65. The Morgan fingerprint density at radius 3 is 2.53 bits per heavy atom. The van der Waals surface area contributed by atoms with Crippen molar-refractivity contribution in [2.45, 2.75) is 25.7 Å². The van der Waals surface area contributed by atoms with E-state index in [0.717, 1.165) is 12.8 Å². The zero-order valence-corrected chi connectivity index (χ0v) is 9.65. The Bertz CT molecular complexity index is 270. The van der Waals surface area contributed by atoms with Gasteiger partial charge in [0.15, 0.2) is 0 Å². The molecule has 0 aromatic heterocycles. The summed E-state index contributed by atoms with van der Waals surface area (Å²) < 4.78 is 24.6. The van der Waals surface area contributed by atoms with Gasteiger partial charge < -0.3 is 16.0 Å². The minimum atomic E-state index is -2.42. The zero-order chi connectivity index (χ0) is 12.9. The van der Waals surface area contributed by atoms with Crippen LogP contribution in [0.5, 0.6) is 0 Å². The number of hydrogen-bond acceptors (Lipinski definition) is 4. The third-order valence-corrected chi connectivity index (χ3v) is 3.01. The highest BCUT2D eigenvalue weighted by Crippen LogP contribution is 2.49. The number of nitrogens with zero attached hydrogens (tertiary/aromatic N) is 2. The van der Waals surface area contributed by atoms with Crippen molar-refractivity contribution in [3.63, 3.8) is 0 Å². The minimum Gasteiger partial charge on any atom is -0.409 e. The van der Waals surface area contributed by atoms with Gasteiger partial charge in [0, 0.05) is 19.5 Å². The maximum Gasteiger partial charge on any atom is 0.251 e. The van der Waals surface area contributed by atoms with Crippen LogP contribution in [0, 0.1) is 5.41 Å². The molecule has 0 radical (unpaired) electrons. The minimum absolute atomic E-state index is 0.128. The number of aliphatic hydroxyl groups is 1. The first kappa shape index (κ1) is 14.1. The normalized spacial score (nSPS) is 19.0. The molecule has 0 aromatic rings. The van der Waals surface area contributed by atoms with Crippen molar-refractivity contribution in [2.75, 3.05) is 26.2 Å². The molecule has 0 aromatic carbocycles. The fourth-order valence-corrected chi connectivity index (χ4v) is 2.03. The molecule has 1 rings (SSSR count). The summed E-state index contributed by atoms with van der Waals surface area (Å²) in [6, 6.07) is 0. The number of amidine groups is 1. The first-order valence-electron chi connectivity index (χ1n) is 5.59. The molecular weight excluding hydrogens is 232 g/mol. The van der Waals surface area contributed by atoms with Crippen LogP contribution in [0.3, 0.4) is 0 Å². The van der Waals surface area contributed by atoms with Gasteiger partial charge in [-0.3, -0.25) is 4.90 Å². The van der Waals surface area contributed by atoms with Crippen molar-refractivity contribution in [1.82, 2.24) is 4.90 Å². The third kappa shape index (κ3) is 4.82. The van der Waals surface area contributed by atoms with Crippen LogP contribution in [-0.4, -0.2) is 53.7 Å². The van der Waals surface area contributed by atoms with E-state index in [1.54, 1.807) is 0 Å². The lowest BCUT2D eigenvalue weighted by molar-refractivity contribution is 0.0677. The predicted octanol–water partition coefficient (Wildman–Crippen LogP) is 0.462. The molecule has 0 spiro atoms. The number of aliphatic hydroxyl groups excluding tert-OH is 1. The Hall–Kier alpha value is -0.950. The van der Waals surface area contributed by atoms with Gasteiger partial charge in [-0.05, 0) is 18.3 Å². The highest BCUT2D eigenvalue weighted by atomic mass is 19.3. The van der Waals surface area contributed by atoms with Crippen molar-refractivity contribution in [3.05, 3.63) is 0 Å². The topological polar surface area (TPSA) is 82.1 Å². The predicted molar refractivity (Wildman–Crippen MR) is 59.2 cm³/mol. The molecule has 100 valence electrons. The van der Waals surface area contributed by atoms with Gasteiger partial charge in [0.2, 0.25) is 0 Å². The Balaban J connectivity index is 2.48. The fraction of sp³-hybridized carbons (Fsp3) is 0.900. The van der Waals surface area contributed by atoms with E-state index >= 15 is 0 Å². The average molecular weight is 251 g/mol. The highest BCUT2D eigenvalue weighted by Gasteiger charge is 2.44. The molecule has 1 saturated carbocycles. The SMILES string of the molecule is NC(CC1(CN(CCO)CC(F)F)CC1)=NO. The second-order valence-electron chi connectivity index (χ2n) is 4.62. The molecule has 0 aliphatic heterocycles. The van der Waals surface area contributed by atoms with Crippen molar-refractivity contribution in [3.8, 4) is 0 Å². The van der Waals surface area contributed by atoms with Gasteiger partial charge in [-0.15, -0.1) is 0 Å². The van der Waals surface area contributed by atoms with Crippen LogP contribution in [0.2, 0.25) is 0 Å². The molecule has 1 fully saturated rings. The molecular formula is C10H19F2N3O2. The van der Waals surface area contributed by atoms with Crippen LogP contribution in [0.25, 0.3) is 0 Å². The van der Waals surface area contributed by atoms with Crippen molar-refractivity contribution in [2.24, 2.45) is 16.3 Å². The fourth-order valence-electron chi connectivity index (χ4n) is 2.03. The van der Waals surface area contributed by atoms with E-state index < -0.39 is 6.43 Å². The van der Waals surface area contributed by atoms with Crippen molar-refractivity contribution in [1.29, 1.82) is 0 Å². The van der Waals surface area contributed by atoms with Crippen LogP contribution in [0.4, 0.5) is 8.78 Å². The molecule has 0 unspecified atom stereocenters. The van der Waals surface area contributed by atoms with E-state index in [2.05, 4.69) is 5.16 Å². The quantitative estimate of drug-likeness (QED) is 0.253. The van der Waals surface area contributed by atoms with E-state index in [1.807, 2.05) is 0 Å². The van der Waals surface area contributed by atoms with Gasteiger partial charge in [-0.1, -0.05) is 5.16 Å². The Morgan fingerprint density at radius 1 is 1.47 bits per heavy atom. The van der Waals surface area contributed by atoms with Gasteiger partial charge in [-0.2, -0.15) is 0 Å². The third-order valence-electron chi connectivity index (χ3n) is 3.01. The van der Waals surface area contributed by atoms with Crippen molar-refractivity contribution >= 4 is 5.84 Å². The molecule has 4 N–H and O–H groups in total. The molecule has 5 nitrogen and oxygen atoms in total. The molecule has 0 bridgehead atoms. The van der Waals surface area contributed by atoms with Crippen LogP contribution in [-0.2, 0) is 0 Å². The maximum absolute atomic E-state index is 12.3. The lowest BCUT2D eigenvalue weighted by atomic mass is 10.0. The maximum atomic E-state index is 12.3. The number of halogens is 2. The average Bonchev–Trinajstić information content (AvgIpc) is 2.97. The van der Waals surface area contributed by atoms with Crippen LogP contribution < -0.4 is 5.73 Å². The molecule has 17 heavy (non-hydrogen) atoms. The number of rotatable bonds is 8. The molecule has 7 heteroatoms. The van der Waals surface area contributed by atoms with Gasteiger partial charge in [0.1, 0.15) is 5.84 Å². The molecule has 0 atom stereocenters. The summed E-state index contributed by atoms with van der Waals surface area (Å²) in [7, 11) is 0. The molecule has 1 aliphatic rings. The first-order valence-corrected chi connectivity index (χ1v) is 5.59. The lowest BCUT2D eigenvalue weighted by Crippen LogP contribution is -2.37. The second-order valence-corrected chi connectivity index (χ2v) is 4.62. The molecule has 1 aliphatic carbocycles. The first-order chi connectivity index (χ1) is 8.01. The lowest BCUT2D eigenvalue weighted by Gasteiger charge is -2.26. The van der Waals surface area contributed by atoms with Crippen LogP contribution in [0.15, 0.2) is 5.16 Å². The summed E-state index contributed by atoms with van der Waals surface area (Å²) in [5.74, 6) is 0.128. The summed E-state index contributed by atoms with van der Waals surface area (Å²) in [5.41, 5.74) is 5.28. The summed E-state index contributed by atoms with van der Waals surface area (Å²) >= 11 is 0. The Labute approximate surface area is 98.9 Å². The summed E-state index contributed by atoms with van der Waals surface area (Å²) in [6.07, 6.45) is -0.238. The smallest absolute Gasteiger partial charge is 0.251 e. The van der Waals surface area contributed by atoms with Gasteiger partial charge >= 0.3 is 0 Å². The molecule has 0 saturated heterocycles. The number of alkyl halides is 2. The van der Waals surface area contributed by atoms with Crippen LogP contribution in [0.1, 0.15) is 19.3 Å². The molecule has 0 heterocycles. The Morgan fingerprint density at radius 2 is 2.12 bits per heavy atom. The van der Waals surface area contributed by atoms with E-state index in [1.165, 1.54) is 4.90 Å². The van der Waals surface area contributed by atoms with Crippen LogP contribution >= 0.6 is 0 Å². The summed E-state index contributed by atoms with van der Waals surface area (Å²) in [6.45, 7) is 0.182. The highest BCUT2D eigenvalue weighted by molar-refractivity contribution is 5.80. The summed E-state index contributed by atoms with van der Waals surface area (Å²) in [5, 5.41) is 20.2. The van der Waals surface area contributed by atoms with E-state index in [-0.39, 0.29) is 30.9 Å². The Kier molecular flexibility index (Phi) is 5.07.